The third-order valence-corrected chi connectivity index (χ3v) is 5.94. The van der Waals surface area contributed by atoms with Crippen LogP contribution in [0.1, 0.15) is 41.2 Å². The Morgan fingerprint density at radius 1 is 0.818 bits per heavy atom. The molecule has 0 saturated heterocycles. The lowest BCUT2D eigenvalue weighted by molar-refractivity contribution is -0.140. The second-order valence-corrected chi connectivity index (χ2v) is 8.60. The summed E-state index contributed by atoms with van der Waals surface area (Å²) in [6.45, 7) is 7.13. The third kappa shape index (κ3) is 7.04. The predicted molar refractivity (Wildman–Crippen MR) is 134 cm³/mol. The number of nitrogens with zero attached hydrogens (tertiary/aromatic N) is 1. The van der Waals surface area contributed by atoms with Crippen molar-refractivity contribution in [3.63, 3.8) is 0 Å². The fraction of sp³-hybridized carbons (Fsp3) is 0.310. The summed E-state index contributed by atoms with van der Waals surface area (Å²) in [5.41, 5.74) is 5.37. The van der Waals surface area contributed by atoms with Crippen molar-refractivity contribution in [1.82, 2.24) is 10.2 Å². The van der Waals surface area contributed by atoms with Crippen LogP contribution in [0.15, 0.2) is 78.9 Å². The van der Waals surface area contributed by atoms with Gasteiger partial charge in [-0.15, -0.1) is 0 Å². The smallest absolute Gasteiger partial charge is 0.243 e. The quantitative estimate of drug-likeness (QED) is 0.480. The van der Waals surface area contributed by atoms with Gasteiger partial charge in [0.2, 0.25) is 11.8 Å². The van der Waals surface area contributed by atoms with Crippen LogP contribution in [-0.4, -0.2) is 29.3 Å². The molecule has 172 valence electrons. The molecule has 3 aromatic carbocycles. The number of benzene rings is 3. The van der Waals surface area contributed by atoms with Crippen LogP contribution >= 0.6 is 0 Å². The van der Waals surface area contributed by atoms with Crippen molar-refractivity contribution in [3.8, 4) is 0 Å². The monoisotopic (exact) mass is 442 g/mol. The lowest BCUT2D eigenvalue weighted by Crippen LogP contribution is -2.51. The number of nitrogens with one attached hydrogen (secondary N) is 1. The highest BCUT2D eigenvalue weighted by atomic mass is 16.2. The van der Waals surface area contributed by atoms with Gasteiger partial charge in [0.15, 0.2) is 0 Å². The molecule has 0 fully saturated rings. The second-order valence-electron chi connectivity index (χ2n) is 8.60. The first-order valence-corrected chi connectivity index (χ1v) is 11.7. The normalized spacial score (nSPS) is 11.6. The van der Waals surface area contributed by atoms with Crippen molar-refractivity contribution < 1.29 is 9.59 Å². The largest absolute Gasteiger partial charge is 0.354 e. The molecule has 0 aromatic heterocycles. The van der Waals surface area contributed by atoms with Gasteiger partial charge in [0.1, 0.15) is 6.04 Å². The van der Waals surface area contributed by atoms with Crippen molar-refractivity contribution in [3.05, 3.63) is 107 Å². The zero-order valence-corrected chi connectivity index (χ0v) is 19.9. The molecular formula is C29H34N2O2. The minimum absolute atomic E-state index is 0.0466. The van der Waals surface area contributed by atoms with Crippen molar-refractivity contribution in [1.29, 1.82) is 0 Å². The van der Waals surface area contributed by atoms with E-state index >= 15 is 0 Å². The fourth-order valence-corrected chi connectivity index (χ4v) is 3.89. The lowest BCUT2D eigenvalue weighted by atomic mass is 10.00. The molecule has 0 spiro atoms. The molecule has 0 aliphatic heterocycles. The molecule has 1 atom stereocenters. The average Bonchev–Trinajstić information content (AvgIpc) is 2.83. The molecule has 3 rings (SSSR count). The topological polar surface area (TPSA) is 49.4 Å². The van der Waals surface area contributed by atoms with Crippen LogP contribution in [0, 0.1) is 13.8 Å². The zero-order chi connectivity index (χ0) is 23.6. The molecule has 0 aliphatic carbocycles. The van der Waals surface area contributed by atoms with Gasteiger partial charge in [0.05, 0.1) is 6.42 Å². The minimum Gasteiger partial charge on any atom is -0.354 e. The molecule has 0 saturated carbocycles. The van der Waals surface area contributed by atoms with E-state index in [2.05, 4.69) is 31.3 Å². The van der Waals surface area contributed by atoms with Crippen molar-refractivity contribution in [2.24, 2.45) is 0 Å². The molecule has 33 heavy (non-hydrogen) atoms. The van der Waals surface area contributed by atoms with Crippen LogP contribution in [0.3, 0.4) is 0 Å². The molecule has 3 aromatic rings. The maximum atomic E-state index is 13.7. The highest BCUT2D eigenvalue weighted by Crippen LogP contribution is 2.18. The first-order valence-electron chi connectivity index (χ1n) is 11.7. The molecule has 0 radical (unpaired) electrons. The lowest BCUT2D eigenvalue weighted by Gasteiger charge is -2.31. The Morgan fingerprint density at radius 3 is 2.06 bits per heavy atom. The van der Waals surface area contributed by atoms with Gasteiger partial charge in [0, 0.05) is 19.5 Å². The van der Waals surface area contributed by atoms with E-state index in [1.807, 2.05) is 73.7 Å². The molecule has 4 nitrogen and oxygen atoms in total. The van der Waals surface area contributed by atoms with E-state index < -0.39 is 6.04 Å². The van der Waals surface area contributed by atoms with E-state index in [4.69, 9.17) is 0 Å². The van der Waals surface area contributed by atoms with Crippen molar-refractivity contribution in [2.75, 3.05) is 6.54 Å². The summed E-state index contributed by atoms with van der Waals surface area (Å²) in [6, 6.07) is 25.3. The molecule has 0 bridgehead atoms. The molecule has 4 heteroatoms. The number of carbonyl (C=O) groups excluding carboxylic acids is 2. The Hall–Kier alpha value is -3.40. The molecule has 2 amide bonds. The van der Waals surface area contributed by atoms with Gasteiger partial charge in [0.25, 0.3) is 0 Å². The van der Waals surface area contributed by atoms with Crippen LogP contribution in [0.5, 0.6) is 0 Å². The van der Waals surface area contributed by atoms with Crippen LogP contribution in [-0.2, 0) is 29.0 Å². The number of amides is 2. The minimum atomic E-state index is -0.585. The molecule has 0 heterocycles. The Kier molecular flexibility index (Phi) is 8.82. The first kappa shape index (κ1) is 24.2. The third-order valence-electron chi connectivity index (χ3n) is 5.94. The number of hydrogen-bond donors (Lipinski definition) is 1. The van der Waals surface area contributed by atoms with E-state index in [9.17, 15) is 9.59 Å². The van der Waals surface area contributed by atoms with Gasteiger partial charge in [-0.2, -0.15) is 0 Å². The Balaban J connectivity index is 1.93. The van der Waals surface area contributed by atoms with E-state index in [0.717, 1.165) is 28.7 Å². The zero-order valence-electron chi connectivity index (χ0n) is 19.9. The van der Waals surface area contributed by atoms with Gasteiger partial charge in [-0.25, -0.2) is 0 Å². The summed E-state index contributed by atoms with van der Waals surface area (Å²) in [7, 11) is 0. The predicted octanol–water partition coefficient (Wildman–Crippen LogP) is 5.01. The maximum Gasteiger partial charge on any atom is 0.243 e. The van der Waals surface area contributed by atoms with E-state index in [1.54, 1.807) is 4.90 Å². The summed E-state index contributed by atoms with van der Waals surface area (Å²) in [5, 5.41) is 3.02. The number of rotatable bonds is 10. The SMILES string of the molecule is CCCNC(=O)[C@@H](Cc1ccccc1)N(Cc1ccccc1)C(=O)Cc1ccc(C)c(C)c1. The number of hydrogen-bond acceptors (Lipinski definition) is 2. The average molecular weight is 443 g/mol. The number of carbonyl (C=O) groups is 2. The Labute approximate surface area is 197 Å². The fourth-order valence-electron chi connectivity index (χ4n) is 3.89. The number of aryl methyl sites for hydroxylation is 2. The highest BCUT2D eigenvalue weighted by molar-refractivity contribution is 5.88. The first-order chi connectivity index (χ1) is 16.0. The van der Waals surface area contributed by atoms with Gasteiger partial charge >= 0.3 is 0 Å². The molecule has 0 unspecified atom stereocenters. The van der Waals surface area contributed by atoms with E-state index in [0.29, 0.717) is 19.5 Å². The van der Waals surface area contributed by atoms with E-state index in [1.165, 1.54) is 5.56 Å². The van der Waals surface area contributed by atoms with Gasteiger partial charge < -0.3 is 10.2 Å². The van der Waals surface area contributed by atoms with Gasteiger partial charge in [-0.1, -0.05) is 85.8 Å². The van der Waals surface area contributed by atoms with Crippen LogP contribution in [0.4, 0.5) is 0 Å². The highest BCUT2D eigenvalue weighted by Gasteiger charge is 2.30. The molecular weight excluding hydrogens is 408 g/mol. The van der Waals surface area contributed by atoms with Crippen molar-refractivity contribution >= 4 is 11.8 Å². The Morgan fingerprint density at radius 2 is 1.45 bits per heavy atom. The van der Waals surface area contributed by atoms with Crippen LogP contribution < -0.4 is 5.32 Å². The maximum absolute atomic E-state index is 13.7. The summed E-state index contributed by atoms with van der Waals surface area (Å²) in [6.07, 6.45) is 1.58. The summed E-state index contributed by atoms with van der Waals surface area (Å²) in [5.74, 6) is -0.153. The van der Waals surface area contributed by atoms with Crippen LogP contribution in [0.25, 0.3) is 0 Å². The van der Waals surface area contributed by atoms with Crippen molar-refractivity contribution in [2.45, 2.75) is 52.6 Å². The van der Waals surface area contributed by atoms with Gasteiger partial charge in [-0.05, 0) is 48.1 Å². The van der Waals surface area contributed by atoms with Crippen LogP contribution in [0.2, 0.25) is 0 Å². The second kappa shape index (κ2) is 12.0. The molecule has 1 N–H and O–H groups in total. The summed E-state index contributed by atoms with van der Waals surface area (Å²) in [4.78, 5) is 28.7. The van der Waals surface area contributed by atoms with Gasteiger partial charge in [-0.3, -0.25) is 9.59 Å². The summed E-state index contributed by atoms with van der Waals surface area (Å²) >= 11 is 0. The summed E-state index contributed by atoms with van der Waals surface area (Å²) < 4.78 is 0. The van der Waals surface area contributed by atoms with E-state index in [-0.39, 0.29) is 18.2 Å². The Bertz CT molecular complexity index is 1050. The molecule has 0 aliphatic rings. The standard InChI is InChI=1S/C29H34N2O2/c1-4-17-30-29(33)27(19-24-11-7-5-8-12-24)31(21-25-13-9-6-10-14-25)28(32)20-26-16-15-22(2)23(3)18-26/h5-16,18,27H,4,17,19-21H2,1-3H3,(H,30,33)/t27-/m1/s1.